The van der Waals surface area contributed by atoms with Gasteiger partial charge in [0, 0.05) is 16.1 Å². The Morgan fingerprint density at radius 2 is 2.19 bits per heavy atom. The largest absolute Gasteiger partial charge is 0.378 e. The van der Waals surface area contributed by atoms with E-state index in [0.717, 1.165) is 9.86 Å². The number of rotatable bonds is 3. The molecule has 1 aromatic heterocycles. The van der Waals surface area contributed by atoms with Crippen molar-refractivity contribution in [2.24, 2.45) is 0 Å². The van der Waals surface area contributed by atoms with E-state index in [1.165, 1.54) is 0 Å². The molecule has 1 aromatic carbocycles. The SMILES string of the molecule is FC(F)CNc1cccc2cc(Br)cnc12. The Balaban J connectivity index is 2.38. The fraction of sp³-hybridized carbons (Fsp3) is 0.182. The summed E-state index contributed by atoms with van der Waals surface area (Å²) < 4.78 is 25.1. The molecule has 0 fully saturated rings. The molecule has 16 heavy (non-hydrogen) atoms. The highest BCUT2D eigenvalue weighted by atomic mass is 79.9. The molecular formula is C11H9BrF2N2. The van der Waals surface area contributed by atoms with Crippen LogP contribution in [0, 0.1) is 0 Å². The molecule has 1 heterocycles. The van der Waals surface area contributed by atoms with Crippen molar-refractivity contribution >= 4 is 32.5 Å². The fourth-order valence-electron chi connectivity index (χ4n) is 1.46. The topological polar surface area (TPSA) is 24.9 Å². The van der Waals surface area contributed by atoms with Gasteiger partial charge < -0.3 is 5.32 Å². The third-order valence-corrected chi connectivity index (χ3v) is 2.56. The van der Waals surface area contributed by atoms with E-state index in [0.29, 0.717) is 11.2 Å². The molecule has 0 aliphatic rings. The molecule has 2 nitrogen and oxygen atoms in total. The number of aromatic nitrogens is 1. The van der Waals surface area contributed by atoms with Gasteiger partial charge in [-0.25, -0.2) is 8.78 Å². The molecule has 0 aliphatic heterocycles. The van der Waals surface area contributed by atoms with Crippen LogP contribution in [0.1, 0.15) is 0 Å². The summed E-state index contributed by atoms with van der Waals surface area (Å²) in [6.45, 7) is -0.364. The summed E-state index contributed by atoms with van der Waals surface area (Å²) in [5.74, 6) is 0. The first-order valence-corrected chi connectivity index (χ1v) is 5.52. The summed E-state index contributed by atoms with van der Waals surface area (Å²) in [5, 5.41) is 3.59. The number of anilines is 1. The van der Waals surface area contributed by atoms with Crippen molar-refractivity contribution in [3.8, 4) is 0 Å². The van der Waals surface area contributed by atoms with Crippen LogP contribution in [0.4, 0.5) is 14.5 Å². The van der Waals surface area contributed by atoms with Crippen molar-refractivity contribution in [1.82, 2.24) is 4.98 Å². The molecule has 0 bridgehead atoms. The first-order valence-electron chi connectivity index (χ1n) is 4.73. The molecule has 0 spiro atoms. The Bertz CT molecular complexity index is 502. The van der Waals surface area contributed by atoms with Gasteiger partial charge in [0.2, 0.25) is 0 Å². The Hall–Kier alpha value is -1.23. The van der Waals surface area contributed by atoms with Crippen LogP contribution in [0.3, 0.4) is 0 Å². The molecule has 0 saturated heterocycles. The number of benzene rings is 1. The van der Waals surface area contributed by atoms with Crippen molar-refractivity contribution in [1.29, 1.82) is 0 Å². The summed E-state index contributed by atoms with van der Waals surface area (Å²) in [6, 6.07) is 7.34. The smallest absolute Gasteiger partial charge is 0.255 e. The van der Waals surface area contributed by atoms with Crippen molar-refractivity contribution in [2.75, 3.05) is 11.9 Å². The first kappa shape index (κ1) is 11.3. The number of para-hydroxylation sites is 1. The summed E-state index contributed by atoms with van der Waals surface area (Å²) >= 11 is 3.32. The van der Waals surface area contributed by atoms with Gasteiger partial charge in [-0.3, -0.25) is 4.98 Å². The number of fused-ring (bicyclic) bond motifs is 1. The standard InChI is InChI=1S/C11H9BrF2N2/c12-8-4-7-2-1-3-9(11(7)16-5-8)15-6-10(13)14/h1-5,10,15H,6H2. The normalized spacial score (nSPS) is 11.0. The summed E-state index contributed by atoms with van der Waals surface area (Å²) in [4.78, 5) is 4.20. The number of nitrogens with zero attached hydrogens (tertiary/aromatic N) is 1. The van der Waals surface area contributed by atoms with Crippen LogP contribution >= 0.6 is 15.9 Å². The minimum absolute atomic E-state index is 0.364. The highest BCUT2D eigenvalue weighted by Crippen LogP contribution is 2.23. The number of nitrogens with one attached hydrogen (secondary N) is 1. The lowest BCUT2D eigenvalue weighted by Crippen LogP contribution is -2.10. The van der Waals surface area contributed by atoms with Gasteiger partial charge in [-0.05, 0) is 28.1 Å². The fourth-order valence-corrected chi connectivity index (χ4v) is 1.81. The highest BCUT2D eigenvalue weighted by Gasteiger charge is 2.05. The highest BCUT2D eigenvalue weighted by molar-refractivity contribution is 9.10. The van der Waals surface area contributed by atoms with E-state index >= 15 is 0 Å². The Morgan fingerprint density at radius 1 is 1.38 bits per heavy atom. The molecule has 2 rings (SSSR count). The van der Waals surface area contributed by atoms with Crippen LogP contribution < -0.4 is 5.32 Å². The summed E-state index contributed by atoms with van der Waals surface area (Å²) in [5.41, 5.74) is 1.33. The third-order valence-electron chi connectivity index (χ3n) is 2.12. The maximum Gasteiger partial charge on any atom is 0.255 e. The average Bonchev–Trinajstić information content (AvgIpc) is 2.25. The van der Waals surface area contributed by atoms with Crippen LogP contribution in [0.2, 0.25) is 0 Å². The third kappa shape index (κ3) is 2.47. The van der Waals surface area contributed by atoms with Crippen molar-refractivity contribution in [3.05, 3.63) is 34.9 Å². The zero-order chi connectivity index (χ0) is 11.5. The van der Waals surface area contributed by atoms with Crippen LogP contribution in [0.5, 0.6) is 0 Å². The lowest BCUT2D eigenvalue weighted by atomic mass is 10.2. The quantitative estimate of drug-likeness (QED) is 0.931. The second-order valence-corrected chi connectivity index (χ2v) is 4.22. The van der Waals surface area contributed by atoms with Gasteiger partial charge in [-0.1, -0.05) is 12.1 Å². The van der Waals surface area contributed by atoms with E-state index in [-0.39, 0.29) is 6.54 Å². The Morgan fingerprint density at radius 3 is 2.94 bits per heavy atom. The van der Waals surface area contributed by atoms with E-state index in [1.54, 1.807) is 12.3 Å². The minimum atomic E-state index is -2.37. The first-order chi connectivity index (χ1) is 7.66. The van der Waals surface area contributed by atoms with Crippen LogP contribution in [0.25, 0.3) is 10.9 Å². The van der Waals surface area contributed by atoms with E-state index in [2.05, 4.69) is 26.2 Å². The van der Waals surface area contributed by atoms with E-state index in [4.69, 9.17) is 0 Å². The number of hydrogen-bond donors (Lipinski definition) is 1. The number of halogens is 3. The maximum absolute atomic E-state index is 12.1. The molecule has 1 N–H and O–H groups in total. The van der Waals surface area contributed by atoms with E-state index in [1.807, 2.05) is 18.2 Å². The predicted octanol–water partition coefficient (Wildman–Crippen LogP) is 3.67. The van der Waals surface area contributed by atoms with Crippen LogP contribution in [-0.4, -0.2) is 18.0 Å². The maximum atomic E-state index is 12.1. The van der Waals surface area contributed by atoms with Gasteiger partial charge in [-0.2, -0.15) is 0 Å². The van der Waals surface area contributed by atoms with Crippen LogP contribution in [-0.2, 0) is 0 Å². The zero-order valence-electron chi connectivity index (χ0n) is 8.25. The molecule has 0 radical (unpaired) electrons. The van der Waals surface area contributed by atoms with Gasteiger partial charge in [0.15, 0.2) is 0 Å². The minimum Gasteiger partial charge on any atom is -0.378 e. The predicted molar refractivity (Wildman–Crippen MR) is 63.9 cm³/mol. The lowest BCUT2D eigenvalue weighted by molar-refractivity contribution is 0.163. The van der Waals surface area contributed by atoms with Crippen LogP contribution in [0.15, 0.2) is 34.9 Å². The van der Waals surface area contributed by atoms with E-state index < -0.39 is 6.43 Å². The summed E-state index contributed by atoms with van der Waals surface area (Å²) in [7, 11) is 0. The second kappa shape index (κ2) is 4.74. The number of hydrogen-bond acceptors (Lipinski definition) is 2. The van der Waals surface area contributed by atoms with Gasteiger partial charge in [0.05, 0.1) is 17.7 Å². The van der Waals surface area contributed by atoms with Gasteiger partial charge in [0.25, 0.3) is 6.43 Å². The molecule has 0 saturated carbocycles. The molecule has 2 aromatic rings. The van der Waals surface area contributed by atoms with Crippen molar-refractivity contribution in [2.45, 2.75) is 6.43 Å². The number of alkyl halides is 2. The second-order valence-electron chi connectivity index (χ2n) is 3.30. The molecule has 0 atom stereocenters. The van der Waals surface area contributed by atoms with E-state index in [9.17, 15) is 8.78 Å². The van der Waals surface area contributed by atoms with Crippen molar-refractivity contribution in [3.63, 3.8) is 0 Å². The number of pyridine rings is 1. The Labute approximate surface area is 99.8 Å². The molecule has 0 aliphatic carbocycles. The van der Waals surface area contributed by atoms with Gasteiger partial charge in [-0.15, -0.1) is 0 Å². The Kier molecular flexibility index (Phi) is 3.33. The van der Waals surface area contributed by atoms with Gasteiger partial charge in [0.1, 0.15) is 0 Å². The molecule has 5 heteroatoms. The molecule has 84 valence electrons. The summed E-state index contributed by atoms with van der Waals surface area (Å²) in [6.07, 6.45) is -0.721. The van der Waals surface area contributed by atoms with Crippen molar-refractivity contribution < 1.29 is 8.78 Å². The molecule has 0 unspecified atom stereocenters. The average molecular weight is 287 g/mol. The van der Waals surface area contributed by atoms with Gasteiger partial charge >= 0.3 is 0 Å². The lowest BCUT2D eigenvalue weighted by Gasteiger charge is -2.08. The monoisotopic (exact) mass is 286 g/mol. The molecule has 0 amide bonds. The molecular weight excluding hydrogens is 278 g/mol. The zero-order valence-corrected chi connectivity index (χ0v) is 9.84.